The molecule has 90 valence electrons. The molecule has 0 aliphatic heterocycles. The molecule has 0 unspecified atom stereocenters. The van der Waals surface area contributed by atoms with Crippen molar-refractivity contribution in [3.63, 3.8) is 0 Å². The minimum Gasteiger partial charge on any atom is -0.330 e. The lowest BCUT2D eigenvalue weighted by atomic mass is 10.1. The molecule has 2 N–H and O–H groups in total. The van der Waals surface area contributed by atoms with Crippen LogP contribution in [0.3, 0.4) is 0 Å². The molecule has 0 spiro atoms. The lowest BCUT2D eigenvalue weighted by molar-refractivity contribution is 0.0914. The molecule has 1 aromatic carbocycles. The highest BCUT2D eigenvalue weighted by atomic mass is 16.1. The van der Waals surface area contributed by atoms with Crippen molar-refractivity contribution < 1.29 is 4.79 Å². The Balaban J connectivity index is 2.50. The number of nitrogens with zero attached hydrogens (tertiary/aromatic N) is 1. The van der Waals surface area contributed by atoms with Gasteiger partial charge in [0.2, 0.25) is 5.91 Å². The van der Waals surface area contributed by atoms with E-state index in [4.69, 9.17) is 5.73 Å². The number of nitrogens with two attached hydrogens (primary N) is 1. The van der Waals surface area contributed by atoms with E-state index in [1.165, 1.54) is 10.9 Å². The molecule has 0 bridgehead atoms. The van der Waals surface area contributed by atoms with Gasteiger partial charge < -0.3 is 5.73 Å². The summed E-state index contributed by atoms with van der Waals surface area (Å²) in [6.07, 6.45) is 4.37. The maximum Gasteiger partial charge on any atom is 0.230 e. The molecule has 2 rings (SSSR count). The van der Waals surface area contributed by atoms with Crippen LogP contribution in [0.15, 0.2) is 30.5 Å². The average molecular weight is 230 g/mol. The van der Waals surface area contributed by atoms with Crippen LogP contribution in [0.4, 0.5) is 0 Å². The zero-order valence-corrected chi connectivity index (χ0v) is 10.1. The topological polar surface area (TPSA) is 48.0 Å². The van der Waals surface area contributed by atoms with Crippen LogP contribution in [0.1, 0.15) is 30.1 Å². The molecule has 0 fully saturated rings. The molecule has 17 heavy (non-hydrogen) atoms. The number of aryl methyl sites for hydroxylation is 1. The molecule has 0 saturated heterocycles. The third-order valence-electron chi connectivity index (χ3n) is 3.02. The fourth-order valence-electron chi connectivity index (χ4n) is 2.12. The maximum absolute atomic E-state index is 11.9. The second-order valence-electron chi connectivity index (χ2n) is 4.18. The molecule has 3 nitrogen and oxygen atoms in total. The van der Waals surface area contributed by atoms with E-state index < -0.39 is 0 Å². The Labute approximate surface area is 101 Å². The van der Waals surface area contributed by atoms with Gasteiger partial charge in [-0.3, -0.25) is 9.36 Å². The van der Waals surface area contributed by atoms with Crippen LogP contribution in [-0.2, 0) is 6.42 Å². The summed E-state index contributed by atoms with van der Waals surface area (Å²) in [5.41, 5.74) is 7.76. The largest absolute Gasteiger partial charge is 0.330 e. The molecule has 2 aromatic rings. The number of carbonyl (C=O) groups is 1. The predicted octanol–water partition coefficient (Wildman–Crippen LogP) is 2.58. The predicted molar refractivity (Wildman–Crippen MR) is 70.2 cm³/mol. The molecule has 0 amide bonds. The first kappa shape index (κ1) is 11.9. The first-order chi connectivity index (χ1) is 8.27. The second kappa shape index (κ2) is 5.15. The SMILES string of the molecule is CCC(=O)n1cc(CCCN)c2ccccc21. The molecule has 0 radical (unpaired) electrons. The lowest BCUT2D eigenvalue weighted by Crippen LogP contribution is -2.07. The van der Waals surface area contributed by atoms with Crippen LogP contribution >= 0.6 is 0 Å². The van der Waals surface area contributed by atoms with Crippen LogP contribution in [0, 0.1) is 0 Å². The standard InChI is InChI=1S/C14H18N2O/c1-2-14(17)16-10-11(6-5-9-15)12-7-3-4-8-13(12)16/h3-4,7-8,10H,2,5-6,9,15H2,1H3. The number of aromatic nitrogens is 1. The quantitative estimate of drug-likeness (QED) is 0.877. The van der Waals surface area contributed by atoms with E-state index in [9.17, 15) is 4.79 Å². The summed E-state index contributed by atoms with van der Waals surface area (Å²) in [7, 11) is 0. The minimum absolute atomic E-state index is 0.139. The van der Waals surface area contributed by atoms with E-state index >= 15 is 0 Å². The van der Waals surface area contributed by atoms with Gasteiger partial charge in [-0.05, 0) is 31.0 Å². The Bertz CT molecular complexity index is 528. The fraction of sp³-hybridized carbons (Fsp3) is 0.357. The Kier molecular flexibility index (Phi) is 3.59. The second-order valence-corrected chi connectivity index (χ2v) is 4.18. The Morgan fingerprint density at radius 3 is 2.82 bits per heavy atom. The molecule has 0 aliphatic rings. The molecule has 3 heteroatoms. The highest BCUT2D eigenvalue weighted by molar-refractivity contribution is 5.94. The lowest BCUT2D eigenvalue weighted by Gasteiger charge is -1.99. The van der Waals surface area contributed by atoms with Gasteiger partial charge in [0.1, 0.15) is 0 Å². The molecule has 1 heterocycles. The molecular formula is C14H18N2O. The van der Waals surface area contributed by atoms with Gasteiger partial charge >= 0.3 is 0 Å². The third-order valence-corrected chi connectivity index (χ3v) is 3.02. The van der Waals surface area contributed by atoms with Crippen molar-refractivity contribution >= 4 is 16.8 Å². The Morgan fingerprint density at radius 1 is 1.35 bits per heavy atom. The van der Waals surface area contributed by atoms with Gasteiger partial charge in [-0.2, -0.15) is 0 Å². The van der Waals surface area contributed by atoms with E-state index in [1.54, 1.807) is 4.57 Å². The van der Waals surface area contributed by atoms with Crippen LogP contribution in [0.5, 0.6) is 0 Å². The molecule has 0 aliphatic carbocycles. The van der Waals surface area contributed by atoms with Crippen molar-refractivity contribution in [2.45, 2.75) is 26.2 Å². The highest BCUT2D eigenvalue weighted by Gasteiger charge is 2.11. The zero-order valence-electron chi connectivity index (χ0n) is 10.1. The van der Waals surface area contributed by atoms with Crippen LogP contribution in [0.2, 0.25) is 0 Å². The summed E-state index contributed by atoms with van der Waals surface area (Å²) in [5.74, 6) is 0.139. The molecular weight excluding hydrogens is 212 g/mol. The summed E-state index contributed by atoms with van der Waals surface area (Å²) >= 11 is 0. The molecule has 0 saturated carbocycles. The summed E-state index contributed by atoms with van der Waals surface area (Å²) in [6, 6.07) is 8.04. The van der Waals surface area contributed by atoms with Gasteiger partial charge in [0, 0.05) is 18.0 Å². The van der Waals surface area contributed by atoms with Crippen molar-refractivity contribution in [2.75, 3.05) is 6.54 Å². The van der Waals surface area contributed by atoms with Crippen molar-refractivity contribution in [1.29, 1.82) is 0 Å². The van der Waals surface area contributed by atoms with Gasteiger partial charge in [0.15, 0.2) is 0 Å². The normalized spacial score (nSPS) is 10.9. The van der Waals surface area contributed by atoms with E-state index in [1.807, 2.05) is 31.3 Å². The van der Waals surface area contributed by atoms with E-state index in [-0.39, 0.29) is 5.91 Å². The fourth-order valence-corrected chi connectivity index (χ4v) is 2.12. The number of fused-ring (bicyclic) bond motifs is 1. The van der Waals surface area contributed by atoms with Gasteiger partial charge in [-0.25, -0.2) is 0 Å². The van der Waals surface area contributed by atoms with Crippen LogP contribution in [-0.4, -0.2) is 17.0 Å². The first-order valence-corrected chi connectivity index (χ1v) is 6.10. The summed E-state index contributed by atoms with van der Waals surface area (Å²) in [4.78, 5) is 11.9. The number of benzene rings is 1. The van der Waals surface area contributed by atoms with Crippen molar-refractivity contribution in [1.82, 2.24) is 4.57 Å². The summed E-state index contributed by atoms with van der Waals surface area (Å²) in [5, 5.41) is 1.17. The van der Waals surface area contributed by atoms with E-state index in [0.29, 0.717) is 13.0 Å². The van der Waals surface area contributed by atoms with Crippen molar-refractivity contribution in [3.8, 4) is 0 Å². The first-order valence-electron chi connectivity index (χ1n) is 6.10. The highest BCUT2D eigenvalue weighted by Crippen LogP contribution is 2.22. The van der Waals surface area contributed by atoms with Gasteiger partial charge in [0.05, 0.1) is 5.52 Å². The molecule has 0 atom stereocenters. The van der Waals surface area contributed by atoms with E-state index in [0.717, 1.165) is 18.4 Å². The number of rotatable bonds is 4. The van der Waals surface area contributed by atoms with Crippen molar-refractivity contribution in [3.05, 3.63) is 36.0 Å². The summed E-state index contributed by atoms with van der Waals surface area (Å²) in [6.45, 7) is 2.57. The van der Waals surface area contributed by atoms with Crippen LogP contribution in [0.25, 0.3) is 10.9 Å². The van der Waals surface area contributed by atoms with Gasteiger partial charge in [-0.15, -0.1) is 0 Å². The van der Waals surface area contributed by atoms with E-state index in [2.05, 4.69) is 6.07 Å². The van der Waals surface area contributed by atoms with Crippen LogP contribution < -0.4 is 5.73 Å². The Morgan fingerprint density at radius 2 is 2.12 bits per heavy atom. The molecule has 1 aromatic heterocycles. The zero-order chi connectivity index (χ0) is 12.3. The monoisotopic (exact) mass is 230 g/mol. The average Bonchev–Trinajstić information content (AvgIpc) is 2.74. The number of hydrogen-bond donors (Lipinski definition) is 1. The number of carbonyl (C=O) groups excluding carboxylic acids is 1. The van der Waals surface area contributed by atoms with Gasteiger partial charge in [-0.1, -0.05) is 25.1 Å². The Hall–Kier alpha value is -1.61. The number of para-hydroxylation sites is 1. The smallest absolute Gasteiger partial charge is 0.230 e. The van der Waals surface area contributed by atoms with Crippen molar-refractivity contribution in [2.24, 2.45) is 5.73 Å². The number of hydrogen-bond acceptors (Lipinski definition) is 2. The maximum atomic E-state index is 11.9. The van der Waals surface area contributed by atoms with Gasteiger partial charge in [0.25, 0.3) is 0 Å². The summed E-state index contributed by atoms with van der Waals surface area (Å²) < 4.78 is 1.77. The minimum atomic E-state index is 0.139. The third kappa shape index (κ3) is 2.24.